The van der Waals surface area contributed by atoms with E-state index in [2.05, 4.69) is 17.2 Å². The molecule has 0 fully saturated rings. The van der Waals surface area contributed by atoms with Crippen molar-refractivity contribution >= 4 is 23.1 Å². The van der Waals surface area contributed by atoms with Gasteiger partial charge < -0.3 is 5.32 Å². The zero-order valence-corrected chi connectivity index (χ0v) is 15.3. The van der Waals surface area contributed by atoms with Crippen LogP contribution in [0.4, 0.5) is 10.2 Å². The van der Waals surface area contributed by atoms with E-state index >= 15 is 0 Å². The largest absolute Gasteiger partial charge is 0.306 e. The molecule has 0 radical (unpaired) electrons. The zero-order chi connectivity index (χ0) is 18.1. The summed E-state index contributed by atoms with van der Waals surface area (Å²) in [6.07, 6.45) is 6.60. The van der Waals surface area contributed by atoms with Crippen molar-refractivity contribution in [2.24, 2.45) is 0 Å². The standard InChI is InChI=1S/C21H19FN2OS/c1-13-20(16-7-3-5-9-18(16)26-13)14-10-11-19(23-12-14)24-21(25)15-6-2-4-8-17(15)22/h2,4,6,8,10-12H,3,5,7,9H2,1H3,(H,23,24,25). The minimum absolute atomic E-state index is 0.0149. The second kappa shape index (κ2) is 7.00. The monoisotopic (exact) mass is 366 g/mol. The Morgan fingerprint density at radius 1 is 1.15 bits per heavy atom. The molecule has 1 aliphatic rings. The van der Waals surface area contributed by atoms with Gasteiger partial charge in [0, 0.05) is 27.1 Å². The van der Waals surface area contributed by atoms with E-state index in [1.54, 1.807) is 24.4 Å². The number of hydrogen-bond acceptors (Lipinski definition) is 3. The molecule has 1 aliphatic carbocycles. The van der Waals surface area contributed by atoms with E-state index in [4.69, 9.17) is 0 Å². The fourth-order valence-electron chi connectivity index (χ4n) is 3.53. The van der Waals surface area contributed by atoms with Gasteiger partial charge in [-0.3, -0.25) is 4.79 Å². The normalized spacial score (nSPS) is 13.3. The minimum atomic E-state index is -0.540. The molecule has 2 aromatic heterocycles. The molecule has 132 valence electrons. The molecule has 0 saturated heterocycles. The number of rotatable bonds is 3. The lowest BCUT2D eigenvalue weighted by atomic mass is 9.92. The third kappa shape index (κ3) is 3.15. The van der Waals surface area contributed by atoms with Crippen LogP contribution in [-0.2, 0) is 12.8 Å². The van der Waals surface area contributed by atoms with Crippen molar-refractivity contribution in [2.75, 3.05) is 5.32 Å². The molecule has 0 spiro atoms. The van der Waals surface area contributed by atoms with Crippen LogP contribution < -0.4 is 5.32 Å². The number of anilines is 1. The molecule has 3 nitrogen and oxygen atoms in total. The van der Waals surface area contributed by atoms with Crippen LogP contribution in [0.3, 0.4) is 0 Å². The van der Waals surface area contributed by atoms with E-state index in [0.29, 0.717) is 5.82 Å². The summed E-state index contributed by atoms with van der Waals surface area (Å²) in [5.74, 6) is -0.613. The molecular weight excluding hydrogens is 347 g/mol. The van der Waals surface area contributed by atoms with Gasteiger partial charge in [-0.1, -0.05) is 12.1 Å². The number of amides is 1. The molecule has 4 rings (SSSR count). The molecule has 0 aliphatic heterocycles. The number of fused-ring (bicyclic) bond motifs is 1. The van der Waals surface area contributed by atoms with Gasteiger partial charge in [0.2, 0.25) is 0 Å². The smallest absolute Gasteiger partial charge is 0.259 e. The first kappa shape index (κ1) is 16.9. The predicted octanol–water partition coefficient (Wildman–Crippen LogP) is 5.39. The van der Waals surface area contributed by atoms with Crippen molar-refractivity contribution < 1.29 is 9.18 Å². The van der Waals surface area contributed by atoms with E-state index in [1.165, 1.54) is 52.3 Å². The number of aromatic nitrogens is 1. The van der Waals surface area contributed by atoms with Gasteiger partial charge in [0.15, 0.2) is 0 Å². The zero-order valence-electron chi connectivity index (χ0n) is 14.5. The van der Waals surface area contributed by atoms with E-state index in [0.717, 1.165) is 12.0 Å². The summed E-state index contributed by atoms with van der Waals surface area (Å²) >= 11 is 1.89. The average molecular weight is 366 g/mol. The van der Waals surface area contributed by atoms with Crippen LogP contribution in [0.25, 0.3) is 11.1 Å². The summed E-state index contributed by atoms with van der Waals surface area (Å²) in [6, 6.07) is 9.68. The number of aryl methyl sites for hydroxylation is 2. The topological polar surface area (TPSA) is 42.0 Å². The van der Waals surface area contributed by atoms with Gasteiger partial charge in [-0.15, -0.1) is 11.3 Å². The van der Waals surface area contributed by atoms with Crippen molar-refractivity contribution in [1.29, 1.82) is 0 Å². The lowest BCUT2D eigenvalue weighted by Crippen LogP contribution is -2.14. The third-order valence-corrected chi connectivity index (χ3v) is 5.97. The van der Waals surface area contributed by atoms with Gasteiger partial charge in [-0.25, -0.2) is 9.37 Å². The number of pyridine rings is 1. The van der Waals surface area contributed by atoms with Crippen LogP contribution in [0.5, 0.6) is 0 Å². The lowest BCUT2D eigenvalue weighted by Gasteiger charge is -2.13. The highest BCUT2D eigenvalue weighted by molar-refractivity contribution is 7.12. The van der Waals surface area contributed by atoms with Crippen LogP contribution >= 0.6 is 11.3 Å². The molecule has 1 aromatic carbocycles. The number of carbonyl (C=O) groups is 1. The Kier molecular flexibility index (Phi) is 4.55. The Hall–Kier alpha value is -2.53. The highest BCUT2D eigenvalue weighted by atomic mass is 32.1. The first-order valence-corrected chi connectivity index (χ1v) is 9.58. The Balaban J connectivity index is 1.57. The van der Waals surface area contributed by atoms with Gasteiger partial charge >= 0.3 is 0 Å². The van der Waals surface area contributed by atoms with E-state index in [9.17, 15) is 9.18 Å². The number of thiophene rings is 1. The first-order valence-electron chi connectivity index (χ1n) is 8.77. The predicted molar refractivity (Wildman–Crippen MR) is 103 cm³/mol. The Morgan fingerprint density at radius 2 is 1.96 bits per heavy atom. The van der Waals surface area contributed by atoms with Crippen molar-refractivity contribution in [2.45, 2.75) is 32.6 Å². The molecule has 0 unspecified atom stereocenters. The molecule has 0 atom stereocenters. The fraction of sp³-hybridized carbons (Fsp3) is 0.238. The van der Waals surface area contributed by atoms with Crippen LogP contribution in [0.1, 0.15) is 38.5 Å². The van der Waals surface area contributed by atoms with Crippen molar-refractivity contribution in [3.8, 4) is 11.1 Å². The highest BCUT2D eigenvalue weighted by Crippen LogP contribution is 2.40. The van der Waals surface area contributed by atoms with Crippen LogP contribution in [0, 0.1) is 12.7 Å². The van der Waals surface area contributed by atoms with Gasteiger partial charge in [0.05, 0.1) is 5.56 Å². The molecule has 3 aromatic rings. The van der Waals surface area contributed by atoms with Crippen molar-refractivity contribution in [3.05, 3.63) is 69.3 Å². The number of hydrogen-bond donors (Lipinski definition) is 1. The summed E-state index contributed by atoms with van der Waals surface area (Å²) in [6.45, 7) is 2.16. The van der Waals surface area contributed by atoms with Crippen molar-refractivity contribution in [1.82, 2.24) is 4.98 Å². The Morgan fingerprint density at radius 3 is 2.73 bits per heavy atom. The molecule has 1 N–H and O–H groups in total. The SMILES string of the molecule is Cc1sc2c(c1-c1ccc(NC(=O)c3ccccc3F)nc1)CCCC2. The van der Waals surface area contributed by atoms with Gasteiger partial charge in [-0.05, 0) is 62.4 Å². The number of benzene rings is 1. The molecule has 1 amide bonds. The fourth-order valence-corrected chi connectivity index (χ4v) is 4.81. The molecule has 2 heterocycles. The van der Waals surface area contributed by atoms with E-state index in [1.807, 2.05) is 17.4 Å². The summed E-state index contributed by atoms with van der Waals surface area (Å²) in [5, 5.41) is 2.66. The summed E-state index contributed by atoms with van der Waals surface area (Å²) in [4.78, 5) is 19.4. The maximum atomic E-state index is 13.7. The number of carbonyl (C=O) groups excluding carboxylic acids is 1. The second-order valence-electron chi connectivity index (χ2n) is 6.51. The molecule has 5 heteroatoms. The minimum Gasteiger partial charge on any atom is -0.306 e. The molecular formula is C21H19FN2OS. The summed E-state index contributed by atoms with van der Waals surface area (Å²) < 4.78 is 13.7. The first-order chi connectivity index (χ1) is 12.6. The third-order valence-electron chi connectivity index (χ3n) is 4.76. The molecule has 26 heavy (non-hydrogen) atoms. The Bertz CT molecular complexity index is 963. The summed E-state index contributed by atoms with van der Waals surface area (Å²) in [5.41, 5.74) is 3.85. The summed E-state index contributed by atoms with van der Waals surface area (Å²) in [7, 11) is 0. The number of nitrogens with zero attached hydrogens (tertiary/aromatic N) is 1. The van der Waals surface area contributed by atoms with Gasteiger partial charge in [0.25, 0.3) is 5.91 Å². The lowest BCUT2D eigenvalue weighted by molar-refractivity contribution is 0.102. The number of nitrogens with one attached hydrogen (secondary N) is 1. The van der Waals surface area contributed by atoms with Crippen LogP contribution in [0.2, 0.25) is 0 Å². The van der Waals surface area contributed by atoms with Crippen LogP contribution in [0.15, 0.2) is 42.6 Å². The highest BCUT2D eigenvalue weighted by Gasteiger charge is 2.20. The van der Waals surface area contributed by atoms with Gasteiger partial charge in [-0.2, -0.15) is 0 Å². The maximum absolute atomic E-state index is 13.7. The maximum Gasteiger partial charge on any atom is 0.259 e. The van der Waals surface area contributed by atoms with Gasteiger partial charge in [0.1, 0.15) is 11.6 Å². The quantitative estimate of drug-likeness (QED) is 0.675. The average Bonchev–Trinajstić information content (AvgIpc) is 2.98. The van der Waals surface area contributed by atoms with Crippen LogP contribution in [-0.4, -0.2) is 10.9 Å². The number of halogens is 1. The molecule has 0 bridgehead atoms. The Labute approximate surface area is 155 Å². The molecule has 0 saturated carbocycles. The van der Waals surface area contributed by atoms with Crippen molar-refractivity contribution in [3.63, 3.8) is 0 Å². The second-order valence-corrected chi connectivity index (χ2v) is 7.82. The van der Waals surface area contributed by atoms with E-state index in [-0.39, 0.29) is 5.56 Å². The van der Waals surface area contributed by atoms with E-state index < -0.39 is 11.7 Å².